The second kappa shape index (κ2) is 8.60. The first-order valence-electron chi connectivity index (χ1n) is 10.8. The molecule has 30 heavy (non-hydrogen) atoms. The fourth-order valence-corrected chi connectivity index (χ4v) is 5.82. The molecule has 0 saturated carbocycles. The van der Waals surface area contributed by atoms with E-state index in [-0.39, 0.29) is 11.9 Å². The smallest absolute Gasteiger partial charge is 0.310 e. The number of likely N-dealkylation sites (N-methyl/N-ethyl adjacent to an activating group) is 1. The number of imide groups is 1. The monoisotopic (exact) mass is 425 g/mol. The van der Waals surface area contributed by atoms with E-state index in [1.54, 1.807) is 0 Å². The molecule has 0 bridgehead atoms. The molecule has 0 unspecified atom stereocenters. The number of piperidine rings is 1. The topological polar surface area (TPSA) is 43.9 Å². The molecular formula is C24H31N3O2S. The Hall–Kier alpha value is -2.05. The highest BCUT2D eigenvalue weighted by atomic mass is 32.2. The third kappa shape index (κ3) is 3.50. The zero-order valence-corrected chi connectivity index (χ0v) is 19.0. The normalized spacial score (nSPS) is 20.5. The number of amides is 3. The molecule has 2 fully saturated rings. The number of hydrogen-bond donors (Lipinski definition) is 0. The summed E-state index contributed by atoms with van der Waals surface area (Å²) < 4.78 is 0. The zero-order chi connectivity index (χ0) is 21.3. The van der Waals surface area contributed by atoms with Crippen LogP contribution in [0.15, 0.2) is 42.5 Å². The summed E-state index contributed by atoms with van der Waals surface area (Å²) in [5.74, 6) is 1.07. The zero-order valence-electron chi connectivity index (χ0n) is 18.1. The summed E-state index contributed by atoms with van der Waals surface area (Å²) in [6.07, 6.45) is 3.57. The van der Waals surface area contributed by atoms with E-state index in [0.29, 0.717) is 19.1 Å². The van der Waals surface area contributed by atoms with E-state index < -0.39 is 5.54 Å². The van der Waals surface area contributed by atoms with Crippen molar-refractivity contribution in [2.45, 2.75) is 44.8 Å². The van der Waals surface area contributed by atoms with Crippen LogP contribution in [0.25, 0.3) is 10.8 Å². The Balaban J connectivity index is 1.58. The minimum absolute atomic E-state index is 0.0144. The molecule has 1 spiro atoms. The van der Waals surface area contributed by atoms with Crippen molar-refractivity contribution in [3.8, 4) is 0 Å². The number of benzene rings is 2. The van der Waals surface area contributed by atoms with Gasteiger partial charge in [0.15, 0.2) is 0 Å². The third-order valence-electron chi connectivity index (χ3n) is 6.80. The molecule has 0 radical (unpaired) electrons. The fourth-order valence-electron chi connectivity index (χ4n) is 5.13. The fraction of sp³-hybridized carbons (Fsp3) is 0.500. The van der Waals surface area contributed by atoms with Crippen LogP contribution in [0.4, 0.5) is 4.79 Å². The van der Waals surface area contributed by atoms with Crippen LogP contribution in [0, 0.1) is 0 Å². The molecule has 2 aliphatic rings. The number of thioether (sulfide) groups is 1. The Morgan fingerprint density at radius 1 is 1.07 bits per heavy atom. The molecule has 5 nitrogen and oxygen atoms in total. The van der Waals surface area contributed by atoms with E-state index in [1.807, 2.05) is 47.9 Å². The van der Waals surface area contributed by atoms with Gasteiger partial charge in [-0.2, -0.15) is 11.8 Å². The lowest BCUT2D eigenvalue weighted by atomic mass is 9.85. The average molecular weight is 426 g/mol. The number of likely N-dealkylation sites (tertiary alicyclic amines) is 1. The number of hydrogen-bond acceptors (Lipinski definition) is 4. The Bertz CT molecular complexity index is 934. The van der Waals surface area contributed by atoms with Crippen LogP contribution in [0.2, 0.25) is 0 Å². The van der Waals surface area contributed by atoms with E-state index in [4.69, 9.17) is 0 Å². The van der Waals surface area contributed by atoms with E-state index in [0.717, 1.165) is 48.0 Å². The maximum absolute atomic E-state index is 13.6. The molecule has 3 amide bonds. The second-order valence-corrected chi connectivity index (χ2v) is 9.34. The van der Waals surface area contributed by atoms with E-state index in [1.165, 1.54) is 4.90 Å². The van der Waals surface area contributed by atoms with Gasteiger partial charge in [-0.25, -0.2) is 4.79 Å². The molecular weight excluding hydrogens is 394 g/mol. The van der Waals surface area contributed by atoms with Gasteiger partial charge in [0.25, 0.3) is 5.91 Å². The van der Waals surface area contributed by atoms with E-state index in [2.05, 4.69) is 36.3 Å². The highest BCUT2D eigenvalue weighted by Crippen LogP contribution is 2.38. The summed E-state index contributed by atoms with van der Waals surface area (Å²) in [6, 6.07) is 14.6. The lowest BCUT2D eigenvalue weighted by Gasteiger charge is -2.43. The van der Waals surface area contributed by atoms with Crippen LogP contribution in [-0.4, -0.2) is 69.9 Å². The molecule has 2 aromatic carbocycles. The molecule has 0 aromatic heterocycles. The van der Waals surface area contributed by atoms with Crippen LogP contribution in [0.1, 0.15) is 32.3 Å². The molecule has 2 saturated heterocycles. The predicted molar refractivity (Wildman–Crippen MR) is 124 cm³/mol. The van der Waals surface area contributed by atoms with Crippen LogP contribution in [-0.2, 0) is 11.3 Å². The van der Waals surface area contributed by atoms with Crippen molar-refractivity contribution in [1.82, 2.24) is 14.7 Å². The van der Waals surface area contributed by atoms with Gasteiger partial charge in [-0.05, 0) is 49.3 Å². The molecule has 4 rings (SSSR count). The van der Waals surface area contributed by atoms with Gasteiger partial charge >= 0.3 is 6.03 Å². The Labute approximate surface area is 183 Å². The third-order valence-corrected chi connectivity index (χ3v) is 7.62. The Morgan fingerprint density at radius 2 is 1.77 bits per heavy atom. The molecule has 2 aromatic rings. The minimum atomic E-state index is -0.675. The summed E-state index contributed by atoms with van der Waals surface area (Å²) >= 11 is 1.85. The first-order valence-corrected chi connectivity index (χ1v) is 12.2. The predicted octanol–water partition coefficient (Wildman–Crippen LogP) is 4.21. The highest BCUT2D eigenvalue weighted by molar-refractivity contribution is 7.98. The molecule has 160 valence electrons. The van der Waals surface area contributed by atoms with Gasteiger partial charge in [0.05, 0.1) is 6.54 Å². The lowest BCUT2D eigenvalue weighted by Crippen LogP contribution is -2.57. The Morgan fingerprint density at radius 3 is 2.47 bits per heavy atom. The van der Waals surface area contributed by atoms with Crippen LogP contribution in [0.3, 0.4) is 0 Å². The summed E-state index contributed by atoms with van der Waals surface area (Å²) in [6.45, 7) is 6.86. The second-order valence-electron chi connectivity index (χ2n) is 8.43. The van der Waals surface area contributed by atoms with Crippen molar-refractivity contribution in [1.29, 1.82) is 0 Å². The van der Waals surface area contributed by atoms with Gasteiger partial charge in [0.1, 0.15) is 5.54 Å². The number of carbonyl (C=O) groups excluding carboxylic acids is 2. The van der Waals surface area contributed by atoms with Crippen molar-refractivity contribution in [3.05, 3.63) is 48.0 Å². The van der Waals surface area contributed by atoms with Gasteiger partial charge in [-0.3, -0.25) is 14.6 Å². The summed E-state index contributed by atoms with van der Waals surface area (Å²) in [5, 5.41) is 2.23. The number of urea groups is 1. The quantitative estimate of drug-likeness (QED) is 0.651. The number of fused-ring (bicyclic) bond motifs is 1. The van der Waals surface area contributed by atoms with Crippen molar-refractivity contribution >= 4 is 34.5 Å². The summed E-state index contributed by atoms with van der Waals surface area (Å²) in [4.78, 5) is 32.7. The van der Waals surface area contributed by atoms with Crippen molar-refractivity contribution in [2.75, 3.05) is 31.6 Å². The summed E-state index contributed by atoms with van der Waals surface area (Å²) in [5.41, 5.74) is 0.348. The number of nitrogens with zero attached hydrogens (tertiary/aromatic N) is 3. The SMILES string of the molecule is CCN1C(=O)N(Cc2cccc3ccccc23)C(=O)C12CCN([C@H](C)CSC)CC2. The van der Waals surface area contributed by atoms with Gasteiger partial charge in [0, 0.05) is 31.4 Å². The standard InChI is InChI=1S/C24H31N3O2S/c1-4-27-23(29)26(16-20-10-7-9-19-8-5-6-11-21(19)20)22(28)24(27)12-14-25(15-13-24)18(2)17-30-3/h5-11,18H,4,12-17H2,1-3H3/t18-/m1/s1. The first-order chi connectivity index (χ1) is 14.5. The van der Waals surface area contributed by atoms with Crippen molar-refractivity contribution < 1.29 is 9.59 Å². The van der Waals surface area contributed by atoms with Gasteiger partial charge in [0.2, 0.25) is 0 Å². The maximum Gasteiger partial charge on any atom is 0.327 e. The molecule has 2 aliphatic heterocycles. The maximum atomic E-state index is 13.6. The average Bonchev–Trinajstić information content (AvgIpc) is 2.95. The largest absolute Gasteiger partial charge is 0.327 e. The number of rotatable bonds is 6. The van der Waals surface area contributed by atoms with Gasteiger partial charge in [-0.1, -0.05) is 42.5 Å². The van der Waals surface area contributed by atoms with Gasteiger partial charge < -0.3 is 4.90 Å². The molecule has 0 aliphatic carbocycles. The molecule has 6 heteroatoms. The van der Waals surface area contributed by atoms with Gasteiger partial charge in [-0.15, -0.1) is 0 Å². The van der Waals surface area contributed by atoms with Crippen molar-refractivity contribution in [2.24, 2.45) is 0 Å². The van der Waals surface area contributed by atoms with Crippen LogP contribution >= 0.6 is 11.8 Å². The summed E-state index contributed by atoms with van der Waals surface area (Å²) in [7, 11) is 0. The van der Waals surface area contributed by atoms with E-state index >= 15 is 0 Å². The molecule has 0 N–H and O–H groups in total. The van der Waals surface area contributed by atoms with E-state index in [9.17, 15) is 9.59 Å². The van der Waals surface area contributed by atoms with Crippen LogP contribution < -0.4 is 0 Å². The van der Waals surface area contributed by atoms with Crippen LogP contribution in [0.5, 0.6) is 0 Å². The Kier molecular flexibility index (Phi) is 6.07. The van der Waals surface area contributed by atoms with Crippen molar-refractivity contribution in [3.63, 3.8) is 0 Å². The number of carbonyl (C=O) groups is 2. The minimum Gasteiger partial charge on any atom is -0.310 e. The highest BCUT2D eigenvalue weighted by Gasteiger charge is 2.57. The lowest BCUT2D eigenvalue weighted by molar-refractivity contribution is -0.136. The molecule has 1 atom stereocenters. The first kappa shape index (κ1) is 21.2. The molecule has 2 heterocycles.